The van der Waals surface area contributed by atoms with E-state index in [1.807, 2.05) is 0 Å². The fraction of sp³-hybridized carbons (Fsp3) is 0.800. The van der Waals surface area contributed by atoms with Gasteiger partial charge >= 0.3 is 0 Å². The quantitative estimate of drug-likeness (QED) is 0.575. The SMILES string of the molecule is CC(C)S(=O)(=O)NC(=O)CO. The molecule has 0 heterocycles. The van der Waals surface area contributed by atoms with Crippen LogP contribution in [0.4, 0.5) is 0 Å². The molecular weight excluding hydrogens is 170 g/mol. The molecule has 6 heteroatoms. The van der Waals surface area contributed by atoms with E-state index >= 15 is 0 Å². The Hall–Kier alpha value is -0.620. The van der Waals surface area contributed by atoms with Crippen LogP contribution in [0.2, 0.25) is 0 Å². The third-order valence-corrected chi connectivity index (χ3v) is 2.77. The Morgan fingerprint density at radius 2 is 2.00 bits per heavy atom. The van der Waals surface area contributed by atoms with E-state index in [0.717, 1.165) is 0 Å². The Morgan fingerprint density at radius 3 is 2.27 bits per heavy atom. The molecule has 5 nitrogen and oxygen atoms in total. The Kier molecular flexibility index (Phi) is 3.47. The first-order valence-electron chi connectivity index (χ1n) is 3.05. The standard InChI is InChI=1S/C5H11NO4S/c1-4(2)11(9,10)6-5(8)3-7/h4,7H,3H2,1-2H3,(H,6,8). The molecule has 11 heavy (non-hydrogen) atoms. The zero-order valence-electron chi connectivity index (χ0n) is 6.36. The predicted molar refractivity (Wildman–Crippen MR) is 39.3 cm³/mol. The summed E-state index contributed by atoms with van der Waals surface area (Å²) in [5.74, 6) is -0.904. The van der Waals surface area contributed by atoms with Gasteiger partial charge in [0.1, 0.15) is 6.61 Å². The molecule has 0 radical (unpaired) electrons. The van der Waals surface area contributed by atoms with Crippen molar-refractivity contribution in [3.63, 3.8) is 0 Å². The van der Waals surface area contributed by atoms with Crippen molar-refractivity contribution in [2.75, 3.05) is 6.61 Å². The van der Waals surface area contributed by atoms with Gasteiger partial charge in [-0.25, -0.2) is 8.42 Å². The third kappa shape index (κ3) is 3.33. The topological polar surface area (TPSA) is 83.5 Å². The van der Waals surface area contributed by atoms with Gasteiger partial charge in [-0.05, 0) is 13.8 Å². The minimum Gasteiger partial charge on any atom is -0.387 e. The molecule has 0 aromatic rings. The van der Waals surface area contributed by atoms with Gasteiger partial charge in [0.25, 0.3) is 5.91 Å². The lowest BCUT2D eigenvalue weighted by atomic mass is 10.6. The maximum atomic E-state index is 10.9. The van der Waals surface area contributed by atoms with Gasteiger partial charge in [-0.2, -0.15) is 0 Å². The molecule has 0 spiro atoms. The first-order chi connectivity index (χ1) is 4.90. The Bertz CT molecular complexity index is 231. The molecule has 0 aromatic carbocycles. The summed E-state index contributed by atoms with van der Waals surface area (Å²) in [4.78, 5) is 10.4. The number of aliphatic hydroxyl groups excluding tert-OH is 1. The van der Waals surface area contributed by atoms with Crippen molar-refractivity contribution in [1.29, 1.82) is 0 Å². The second-order valence-electron chi connectivity index (χ2n) is 2.28. The van der Waals surface area contributed by atoms with Crippen LogP contribution in [0.15, 0.2) is 0 Å². The van der Waals surface area contributed by atoms with E-state index in [-0.39, 0.29) is 0 Å². The highest BCUT2D eigenvalue weighted by atomic mass is 32.2. The Labute approximate surface area is 65.5 Å². The average molecular weight is 181 g/mol. The van der Waals surface area contributed by atoms with Gasteiger partial charge in [0.15, 0.2) is 0 Å². The van der Waals surface area contributed by atoms with Gasteiger partial charge in [-0.3, -0.25) is 9.52 Å². The number of aliphatic hydroxyl groups is 1. The van der Waals surface area contributed by atoms with Gasteiger partial charge < -0.3 is 5.11 Å². The summed E-state index contributed by atoms with van der Waals surface area (Å²) in [5, 5.41) is 7.53. The van der Waals surface area contributed by atoms with Crippen LogP contribution in [0.5, 0.6) is 0 Å². The highest BCUT2D eigenvalue weighted by Crippen LogP contribution is 1.94. The maximum absolute atomic E-state index is 10.9. The van der Waals surface area contributed by atoms with E-state index in [1.54, 1.807) is 4.72 Å². The highest BCUT2D eigenvalue weighted by Gasteiger charge is 2.17. The lowest BCUT2D eigenvalue weighted by Gasteiger charge is -2.07. The molecule has 0 fully saturated rings. The van der Waals surface area contributed by atoms with Crippen molar-refractivity contribution in [3.8, 4) is 0 Å². The molecular formula is C5H11NO4S. The predicted octanol–water partition coefficient (Wildman–Crippen LogP) is -1.17. The summed E-state index contributed by atoms with van der Waals surface area (Å²) < 4.78 is 23.4. The van der Waals surface area contributed by atoms with Gasteiger partial charge in [-0.15, -0.1) is 0 Å². The monoisotopic (exact) mass is 181 g/mol. The smallest absolute Gasteiger partial charge is 0.259 e. The first-order valence-corrected chi connectivity index (χ1v) is 4.60. The van der Waals surface area contributed by atoms with E-state index in [2.05, 4.69) is 0 Å². The molecule has 0 aliphatic rings. The van der Waals surface area contributed by atoms with Crippen molar-refractivity contribution >= 4 is 15.9 Å². The summed E-state index contributed by atoms with van der Waals surface area (Å²) in [6.45, 7) is 2.06. The van der Waals surface area contributed by atoms with Crippen molar-refractivity contribution in [2.45, 2.75) is 19.1 Å². The van der Waals surface area contributed by atoms with Gasteiger partial charge in [-0.1, -0.05) is 0 Å². The summed E-state index contributed by atoms with van der Waals surface area (Å²) in [6.07, 6.45) is 0. The number of sulfonamides is 1. The van der Waals surface area contributed by atoms with Crippen LogP contribution in [-0.4, -0.2) is 31.3 Å². The summed E-state index contributed by atoms with van der Waals surface area (Å²) >= 11 is 0. The minimum atomic E-state index is -3.57. The normalized spacial score (nSPS) is 11.6. The Morgan fingerprint density at radius 1 is 1.55 bits per heavy atom. The third-order valence-electron chi connectivity index (χ3n) is 1.02. The number of rotatable bonds is 3. The van der Waals surface area contributed by atoms with Crippen molar-refractivity contribution in [3.05, 3.63) is 0 Å². The lowest BCUT2D eigenvalue weighted by Crippen LogP contribution is -2.37. The van der Waals surface area contributed by atoms with Crippen molar-refractivity contribution in [2.24, 2.45) is 0 Å². The fourth-order valence-electron chi connectivity index (χ4n) is 0.309. The molecule has 0 aliphatic carbocycles. The number of hydrogen-bond donors (Lipinski definition) is 2. The molecule has 1 amide bonds. The number of nitrogens with one attached hydrogen (secondary N) is 1. The minimum absolute atomic E-state index is 0.669. The molecule has 0 aromatic heterocycles. The molecule has 0 aliphatic heterocycles. The molecule has 0 atom stereocenters. The second-order valence-corrected chi connectivity index (χ2v) is 4.51. The maximum Gasteiger partial charge on any atom is 0.259 e. The van der Waals surface area contributed by atoms with Crippen molar-refractivity contribution in [1.82, 2.24) is 4.72 Å². The van der Waals surface area contributed by atoms with Crippen LogP contribution >= 0.6 is 0 Å². The summed E-state index contributed by atoms with van der Waals surface area (Å²) in [6, 6.07) is 0. The highest BCUT2D eigenvalue weighted by molar-refractivity contribution is 7.90. The van der Waals surface area contributed by atoms with Crippen LogP contribution in [0.25, 0.3) is 0 Å². The van der Waals surface area contributed by atoms with Crippen molar-refractivity contribution < 1.29 is 18.3 Å². The number of carbonyl (C=O) groups is 1. The molecule has 0 unspecified atom stereocenters. The molecule has 0 saturated carbocycles. The summed E-state index contributed by atoms with van der Waals surface area (Å²) in [5.41, 5.74) is 0. The van der Waals surface area contributed by atoms with Gasteiger partial charge in [0.2, 0.25) is 10.0 Å². The number of amides is 1. The molecule has 0 saturated heterocycles. The summed E-state index contributed by atoms with van der Waals surface area (Å²) in [7, 11) is -3.57. The first kappa shape index (κ1) is 10.4. The second kappa shape index (κ2) is 3.68. The van der Waals surface area contributed by atoms with Crippen LogP contribution in [0.1, 0.15) is 13.8 Å². The van der Waals surface area contributed by atoms with E-state index in [4.69, 9.17) is 5.11 Å². The van der Waals surface area contributed by atoms with Crippen LogP contribution in [-0.2, 0) is 14.8 Å². The van der Waals surface area contributed by atoms with Crippen LogP contribution < -0.4 is 4.72 Å². The largest absolute Gasteiger partial charge is 0.387 e. The van der Waals surface area contributed by atoms with E-state index in [9.17, 15) is 13.2 Å². The van der Waals surface area contributed by atoms with E-state index in [0.29, 0.717) is 0 Å². The molecule has 2 N–H and O–H groups in total. The van der Waals surface area contributed by atoms with E-state index in [1.165, 1.54) is 13.8 Å². The number of hydrogen-bond acceptors (Lipinski definition) is 4. The zero-order valence-corrected chi connectivity index (χ0v) is 7.18. The van der Waals surface area contributed by atoms with Gasteiger partial charge in [0.05, 0.1) is 5.25 Å². The average Bonchev–Trinajstić information content (AvgIpc) is 1.86. The van der Waals surface area contributed by atoms with Crippen LogP contribution in [0.3, 0.4) is 0 Å². The van der Waals surface area contributed by atoms with Gasteiger partial charge in [0, 0.05) is 0 Å². The van der Waals surface area contributed by atoms with Crippen LogP contribution in [0, 0.1) is 0 Å². The van der Waals surface area contributed by atoms with E-state index < -0.39 is 27.8 Å². The molecule has 0 bridgehead atoms. The zero-order chi connectivity index (χ0) is 9.07. The molecule has 0 rings (SSSR count). The lowest BCUT2D eigenvalue weighted by molar-refractivity contribution is -0.122. The number of carbonyl (C=O) groups excluding carboxylic acids is 1. The molecule has 66 valence electrons. The fourth-order valence-corrected chi connectivity index (χ4v) is 0.926. The Balaban J connectivity index is 4.27.